The van der Waals surface area contributed by atoms with Gasteiger partial charge in [-0.25, -0.2) is 0 Å². The van der Waals surface area contributed by atoms with Gasteiger partial charge in [0.15, 0.2) is 5.78 Å². The van der Waals surface area contributed by atoms with E-state index in [1.807, 2.05) is 0 Å². The van der Waals surface area contributed by atoms with E-state index >= 15 is 0 Å². The van der Waals surface area contributed by atoms with Crippen LogP contribution in [-0.2, 0) is 9.59 Å². The van der Waals surface area contributed by atoms with E-state index in [4.69, 9.17) is 0 Å². The number of Topliss-reactive ketones (excluding diaryl/α,β-unsaturated/α-hetero) is 2. The van der Waals surface area contributed by atoms with E-state index in [-0.39, 0.29) is 22.1 Å². The van der Waals surface area contributed by atoms with Crippen molar-refractivity contribution in [2.75, 3.05) is 11.5 Å². The first-order valence-electron chi connectivity index (χ1n) is 4.06. The maximum absolute atomic E-state index is 11.6. The fraction of sp³-hybridized carbons (Fsp3) is 0.750. The lowest BCUT2D eigenvalue weighted by atomic mass is 9.97. The summed E-state index contributed by atoms with van der Waals surface area (Å²) in [7, 11) is 0. The molecule has 0 aromatic carbocycles. The maximum atomic E-state index is 11.6. The number of thioether (sulfide) groups is 2. The van der Waals surface area contributed by atoms with Gasteiger partial charge in [0.25, 0.3) is 0 Å². The lowest BCUT2D eigenvalue weighted by Gasteiger charge is -2.28. The largest absolute Gasteiger partial charge is 0.299 e. The van der Waals surface area contributed by atoms with Crippen molar-refractivity contribution in [3.8, 4) is 0 Å². The highest BCUT2D eigenvalue weighted by atomic mass is 32.2. The lowest BCUT2D eigenvalue weighted by Crippen LogP contribution is -2.36. The second-order valence-corrected chi connectivity index (χ2v) is 6.13. The number of carbonyl (C=O) groups is 2. The normalized spacial score (nSPS) is 28.3. The average Bonchev–Trinajstić information content (AvgIpc) is 2.48. The Morgan fingerprint density at radius 1 is 1.17 bits per heavy atom. The number of ketones is 2. The molecule has 0 aromatic rings. The highest BCUT2D eigenvalue weighted by Crippen LogP contribution is 2.50. The summed E-state index contributed by atoms with van der Waals surface area (Å²) < 4.78 is -0.214. The Morgan fingerprint density at radius 2 is 1.83 bits per heavy atom. The Labute approximate surface area is 79.9 Å². The summed E-state index contributed by atoms with van der Waals surface area (Å²) in [5.41, 5.74) is 0. The molecule has 0 N–H and O–H groups in total. The predicted octanol–water partition coefficient (Wildman–Crippen LogP) is 1.48. The molecule has 0 atom stereocenters. The number of carbonyl (C=O) groups excluding carboxylic acids is 2. The Kier molecular flexibility index (Phi) is 2.21. The third-order valence-electron chi connectivity index (χ3n) is 2.27. The van der Waals surface area contributed by atoms with Gasteiger partial charge in [-0.3, -0.25) is 9.59 Å². The first-order valence-corrected chi connectivity index (χ1v) is 6.03. The van der Waals surface area contributed by atoms with Crippen molar-refractivity contribution < 1.29 is 9.59 Å². The van der Waals surface area contributed by atoms with Gasteiger partial charge in [-0.1, -0.05) is 0 Å². The molecule has 1 heterocycles. The molecule has 12 heavy (non-hydrogen) atoms. The molecule has 0 amide bonds. The molecule has 2 aliphatic rings. The van der Waals surface area contributed by atoms with Crippen LogP contribution in [0, 0.1) is 0 Å². The Hall–Kier alpha value is 0.0400. The van der Waals surface area contributed by atoms with Crippen LogP contribution in [0.4, 0.5) is 0 Å². The minimum absolute atomic E-state index is 0.124. The summed E-state index contributed by atoms with van der Waals surface area (Å²) in [5.74, 6) is 2.40. The Balaban J connectivity index is 2.16. The van der Waals surface area contributed by atoms with Crippen LogP contribution in [0.25, 0.3) is 0 Å². The van der Waals surface area contributed by atoms with E-state index in [1.165, 1.54) is 0 Å². The van der Waals surface area contributed by atoms with Gasteiger partial charge in [0.2, 0.25) is 0 Å². The first-order chi connectivity index (χ1) is 5.73. The van der Waals surface area contributed by atoms with Crippen molar-refractivity contribution in [2.45, 2.75) is 23.3 Å². The summed E-state index contributed by atoms with van der Waals surface area (Å²) >= 11 is 3.47. The first kappa shape index (κ1) is 8.63. The highest BCUT2D eigenvalue weighted by molar-refractivity contribution is 8.22. The van der Waals surface area contributed by atoms with Gasteiger partial charge in [0, 0.05) is 17.9 Å². The summed E-state index contributed by atoms with van der Waals surface area (Å²) in [6.07, 6.45) is 1.55. The van der Waals surface area contributed by atoms with E-state index < -0.39 is 0 Å². The molecule has 1 aliphatic heterocycles. The predicted molar refractivity (Wildman–Crippen MR) is 51.5 cm³/mol. The smallest absolute Gasteiger partial charge is 0.166 e. The molecule has 2 nitrogen and oxygen atoms in total. The zero-order valence-corrected chi connectivity index (χ0v) is 8.30. The summed E-state index contributed by atoms with van der Waals surface area (Å²) in [6.45, 7) is 0. The van der Waals surface area contributed by atoms with E-state index in [1.54, 1.807) is 23.5 Å². The fourth-order valence-electron chi connectivity index (χ4n) is 1.61. The molecule has 1 saturated heterocycles. The van der Waals surface area contributed by atoms with E-state index in [0.29, 0.717) is 6.42 Å². The molecule has 4 heteroatoms. The third-order valence-corrected chi connectivity index (χ3v) is 5.85. The minimum atomic E-state index is -0.214. The third kappa shape index (κ3) is 1.31. The molecular weight excluding hydrogens is 192 g/mol. The van der Waals surface area contributed by atoms with Crippen LogP contribution in [0.15, 0.2) is 0 Å². The minimum Gasteiger partial charge on any atom is -0.299 e. The number of hydrogen-bond donors (Lipinski definition) is 0. The summed E-state index contributed by atoms with van der Waals surface area (Å²) in [5, 5.41) is 0. The van der Waals surface area contributed by atoms with Crippen molar-refractivity contribution in [1.82, 2.24) is 0 Å². The zero-order chi connectivity index (χ0) is 8.60. The molecule has 0 bridgehead atoms. The van der Waals surface area contributed by atoms with Crippen LogP contribution in [-0.4, -0.2) is 27.2 Å². The Bertz CT molecular complexity index is 231. The van der Waals surface area contributed by atoms with Crippen molar-refractivity contribution in [3.05, 3.63) is 0 Å². The van der Waals surface area contributed by atoms with Crippen LogP contribution >= 0.6 is 23.5 Å². The van der Waals surface area contributed by atoms with Gasteiger partial charge < -0.3 is 0 Å². The van der Waals surface area contributed by atoms with E-state index in [0.717, 1.165) is 17.9 Å². The van der Waals surface area contributed by atoms with Crippen molar-refractivity contribution >= 4 is 35.1 Å². The lowest BCUT2D eigenvalue weighted by molar-refractivity contribution is -0.129. The SMILES string of the molecule is O=C1CCC2(SCCS2)C(=O)C1. The second-order valence-electron chi connectivity index (χ2n) is 3.09. The van der Waals surface area contributed by atoms with Crippen LogP contribution in [0.5, 0.6) is 0 Å². The maximum Gasteiger partial charge on any atom is 0.166 e. The van der Waals surface area contributed by atoms with Crippen molar-refractivity contribution in [2.24, 2.45) is 0 Å². The molecule has 1 aliphatic carbocycles. The molecular formula is C8H10O2S2. The molecule has 0 radical (unpaired) electrons. The van der Waals surface area contributed by atoms with Gasteiger partial charge in [0.1, 0.15) is 9.86 Å². The van der Waals surface area contributed by atoms with Crippen LogP contribution in [0.2, 0.25) is 0 Å². The molecule has 0 unspecified atom stereocenters. The fourth-order valence-corrected chi connectivity index (χ4v) is 4.72. The standard InChI is InChI=1S/C8H10O2S2/c9-6-1-2-8(7(10)5-6)11-3-4-12-8/h1-5H2. The number of rotatable bonds is 0. The van der Waals surface area contributed by atoms with Gasteiger partial charge in [-0.2, -0.15) is 0 Å². The molecule has 1 saturated carbocycles. The van der Waals surface area contributed by atoms with Gasteiger partial charge in [-0.05, 0) is 6.42 Å². The zero-order valence-electron chi connectivity index (χ0n) is 6.67. The molecule has 2 rings (SSSR count). The van der Waals surface area contributed by atoms with E-state index in [9.17, 15) is 9.59 Å². The van der Waals surface area contributed by atoms with Crippen molar-refractivity contribution in [3.63, 3.8) is 0 Å². The van der Waals surface area contributed by atoms with Crippen LogP contribution < -0.4 is 0 Å². The molecule has 66 valence electrons. The van der Waals surface area contributed by atoms with Gasteiger partial charge >= 0.3 is 0 Å². The molecule has 2 fully saturated rings. The topological polar surface area (TPSA) is 34.1 Å². The van der Waals surface area contributed by atoms with E-state index in [2.05, 4.69) is 0 Å². The monoisotopic (exact) mass is 202 g/mol. The quantitative estimate of drug-likeness (QED) is 0.557. The van der Waals surface area contributed by atoms with Crippen LogP contribution in [0.3, 0.4) is 0 Å². The highest BCUT2D eigenvalue weighted by Gasteiger charge is 2.45. The van der Waals surface area contributed by atoms with Crippen LogP contribution in [0.1, 0.15) is 19.3 Å². The molecule has 1 spiro atoms. The van der Waals surface area contributed by atoms with Crippen molar-refractivity contribution in [1.29, 1.82) is 0 Å². The Morgan fingerprint density at radius 3 is 2.42 bits per heavy atom. The second kappa shape index (κ2) is 3.07. The molecule has 0 aromatic heterocycles. The summed E-state index contributed by atoms with van der Waals surface area (Å²) in [4.78, 5) is 22.5. The summed E-state index contributed by atoms with van der Waals surface area (Å²) in [6, 6.07) is 0. The number of hydrogen-bond acceptors (Lipinski definition) is 4. The van der Waals surface area contributed by atoms with Gasteiger partial charge in [0.05, 0.1) is 6.42 Å². The van der Waals surface area contributed by atoms with Gasteiger partial charge in [-0.15, -0.1) is 23.5 Å². The average molecular weight is 202 g/mol.